The van der Waals surface area contributed by atoms with Gasteiger partial charge in [-0.1, -0.05) is 24.3 Å². The second-order valence-electron chi connectivity index (χ2n) is 5.38. The van der Waals surface area contributed by atoms with Crippen molar-refractivity contribution in [1.29, 1.82) is 0 Å². The number of rotatable bonds is 7. The van der Waals surface area contributed by atoms with Gasteiger partial charge in [-0.3, -0.25) is 4.79 Å². The van der Waals surface area contributed by atoms with Crippen molar-refractivity contribution in [2.24, 2.45) is 0 Å². The molecule has 1 aromatic heterocycles. The van der Waals surface area contributed by atoms with Crippen molar-refractivity contribution in [3.8, 4) is 28.6 Å². The van der Waals surface area contributed by atoms with E-state index in [-0.39, 0.29) is 0 Å². The van der Waals surface area contributed by atoms with Crippen molar-refractivity contribution in [2.45, 2.75) is 0 Å². The standard InChI is InChI=1S/C19H18N4O4/c1-25-15-8-13(9-16(26-2)17(15)27-3)22-19-21-11-20-18(23-19)14-7-5-4-6-12(14)10-24/h4-11H,1-3H3,(H,20,21,22,23). The summed E-state index contributed by atoms with van der Waals surface area (Å²) in [6, 6.07) is 10.6. The average molecular weight is 366 g/mol. The van der Waals surface area contributed by atoms with Crippen LogP contribution < -0.4 is 19.5 Å². The van der Waals surface area contributed by atoms with E-state index in [9.17, 15) is 4.79 Å². The van der Waals surface area contributed by atoms with Crippen LogP contribution in [0.1, 0.15) is 10.4 Å². The van der Waals surface area contributed by atoms with Crippen molar-refractivity contribution in [3.05, 3.63) is 48.3 Å². The normalized spacial score (nSPS) is 10.2. The zero-order chi connectivity index (χ0) is 19.2. The van der Waals surface area contributed by atoms with Gasteiger partial charge in [0.15, 0.2) is 23.6 Å². The zero-order valence-electron chi connectivity index (χ0n) is 15.1. The maximum atomic E-state index is 11.3. The summed E-state index contributed by atoms with van der Waals surface area (Å²) in [5.41, 5.74) is 1.77. The number of carbonyl (C=O) groups excluding carboxylic acids is 1. The summed E-state index contributed by atoms with van der Waals surface area (Å²) in [6.07, 6.45) is 2.15. The molecule has 2 aromatic carbocycles. The second kappa shape index (κ2) is 8.13. The summed E-state index contributed by atoms with van der Waals surface area (Å²) in [5.74, 6) is 2.19. The molecule has 0 fully saturated rings. The monoisotopic (exact) mass is 366 g/mol. The first kappa shape index (κ1) is 18.1. The lowest BCUT2D eigenvalue weighted by atomic mass is 10.1. The number of anilines is 2. The van der Waals surface area contributed by atoms with E-state index in [4.69, 9.17) is 14.2 Å². The number of nitrogens with zero attached hydrogens (tertiary/aromatic N) is 3. The van der Waals surface area contributed by atoms with Crippen molar-refractivity contribution < 1.29 is 19.0 Å². The Morgan fingerprint density at radius 3 is 2.30 bits per heavy atom. The molecule has 8 heteroatoms. The van der Waals surface area contributed by atoms with Gasteiger partial charge in [0.25, 0.3) is 0 Å². The van der Waals surface area contributed by atoms with Gasteiger partial charge in [-0.2, -0.15) is 4.98 Å². The van der Waals surface area contributed by atoms with Crippen LogP contribution in [0.25, 0.3) is 11.4 Å². The Kier molecular flexibility index (Phi) is 5.46. The Hall–Kier alpha value is -3.68. The van der Waals surface area contributed by atoms with Crippen molar-refractivity contribution >= 4 is 17.9 Å². The number of carbonyl (C=O) groups is 1. The summed E-state index contributed by atoms with van der Waals surface area (Å²) in [6.45, 7) is 0. The third kappa shape index (κ3) is 3.79. The number of nitrogens with one attached hydrogen (secondary N) is 1. The molecule has 0 radical (unpaired) electrons. The highest BCUT2D eigenvalue weighted by Gasteiger charge is 2.14. The van der Waals surface area contributed by atoms with Crippen LogP contribution >= 0.6 is 0 Å². The third-order valence-corrected chi connectivity index (χ3v) is 3.82. The fourth-order valence-electron chi connectivity index (χ4n) is 2.57. The first-order valence-electron chi connectivity index (χ1n) is 8.00. The number of hydrogen-bond donors (Lipinski definition) is 1. The molecule has 27 heavy (non-hydrogen) atoms. The lowest BCUT2D eigenvalue weighted by Gasteiger charge is -2.14. The van der Waals surface area contributed by atoms with E-state index in [1.54, 1.807) is 44.6 Å². The van der Waals surface area contributed by atoms with Crippen LogP contribution in [0, 0.1) is 0 Å². The molecule has 0 unspecified atom stereocenters. The minimum Gasteiger partial charge on any atom is -0.493 e. The van der Waals surface area contributed by atoms with Gasteiger partial charge in [0.2, 0.25) is 11.7 Å². The summed E-state index contributed by atoms with van der Waals surface area (Å²) in [7, 11) is 4.62. The fourth-order valence-corrected chi connectivity index (χ4v) is 2.57. The molecule has 1 heterocycles. The van der Waals surface area contributed by atoms with E-state index in [2.05, 4.69) is 20.3 Å². The van der Waals surface area contributed by atoms with Crippen LogP contribution in [0.5, 0.6) is 17.2 Å². The SMILES string of the molecule is COc1cc(Nc2ncnc(-c3ccccc3C=O)n2)cc(OC)c1OC. The predicted octanol–water partition coefficient (Wildman–Crippen LogP) is 3.12. The fraction of sp³-hybridized carbons (Fsp3) is 0.158. The number of aromatic nitrogens is 3. The Bertz CT molecular complexity index is 937. The summed E-state index contributed by atoms with van der Waals surface area (Å²) in [5, 5.41) is 3.09. The van der Waals surface area contributed by atoms with Crippen molar-refractivity contribution in [3.63, 3.8) is 0 Å². The number of methoxy groups -OCH3 is 3. The lowest BCUT2D eigenvalue weighted by Crippen LogP contribution is -2.02. The molecule has 3 rings (SSSR count). The minimum atomic E-state index is 0.315. The van der Waals surface area contributed by atoms with E-state index in [1.807, 2.05) is 6.07 Å². The Morgan fingerprint density at radius 2 is 1.67 bits per heavy atom. The van der Waals surface area contributed by atoms with Gasteiger partial charge in [0.05, 0.1) is 21.3 Å². The smallest absolute Gasteiger partial charge is 0.230 e. The lowest BCUT2D eigenvalue weighted by molar-refractivity contribution is 0.112. The zero-order valence-corrected chi connectivity index (χ0v) is 15.1. The molecule has 0 saturated carbocycles. The molecule has 0 aliphatic heterocycles. The first-order valence-corrected chi connectivity index (χ1v) is 8.00. The quantitative estimate of drug-likeness (QED) is 0.637. The van der Waals surface area contributed by atoms with Gasteiger partial charge in [-0.05, 0) is 0 Å². The molecule has 0 atom stereocenters. The Morgan fingerprint density at radius 1 is 0.963 bits per heavy atom. The van der Waals surface area contributed by atoms with E-state index >= 15 is 0 Å². The van der Waals surface area contributed by atoms with Crippen LogP contribution in [0.4, 0.5) is 11.6 Å². The maximum Gasteiger partial charge on any atom is 0.230 e. The highest BCUT2D eigenvalue weighted by molar-refractivity contribution is 5.85. The van der Waals surface area contributed by atoms with Gasteiger partial charge < -0.3 is 19.5 Å². The van der Waals surface area contributed by atoms with Crippen molar-refractivity contribution in [1.82, 2.24) is 15.0 Å². The summed E-state index contributed by atoms with van der Waals surface area (Å²) in [4.78, 5) is 23.9. The molecule has 0 amide bonds. The molecule has 0 spiro atoms. The van der Waals surface area contributed by atoms with Crippen LogP contribution in [-0.2, 0) is 0 Å². The topological polar surface area (TPSA) is 95.5 Å². The van der Waals surface area contributed by atoms with E-state index in [1.165, 1.54) is 13.4 Å². The Balaban J connectivity index is 1.96. The van der Waals surface area contributed by atoms with E-state index in [0.29, 0.717) is 45.8 Å². The van der Waals surface area contributed by atoms with Crippen LogP contribution in [0.15, 0.2) is 42.7 Å². The molecule has 3 aromatic rings. The predicted molar refractivity (Wildman–Crippen MR) is 100 cm³/mol. The Labute approximate surface area is 156 Å². The van der Waals surface area contributed by atoms with Crippen LogP contribution in [0.3, 0.4) is 0 Å². The van der Waals surface area contributed by atoms with E-state index < -0.39 is 0 Å². The van der Waals surface area contributed by atoms with Gasteiger partial charge >= 0.3 is 0 Å². The largest absolute Gasteiger partial charge is 0.493 e. The second-order valence-corrected chi connectivity index (χ2v) is 5.38. The number of hydrogen-bond acceptors (Lipinski definition) is 8. The number of aldehydes is 1. The van der Waals surface area contributed by atoms with Gasteiger partial charge in [0.1, 0.15) is 6.33 Å². The molecule has 0 saturated heterocycles. The minimum absolute atomic E-state index is 0.315. The van der Waals surface area contributed by atoms with Gasteiger partial charge in [-0.15, -0.1) is 0 Å². The summed E-state index contributed by atoms with van der Waals surface area (Å²) >= 11 is 0. The molecular weight excluding hydrogens is 348 g/mol. The van der Waals surface area contributed by atoms with Crippen LogP contribution in [-0.4, -0.2) is 42.6 Å². The van der Waals surface area contributed by atoms with Crippen molar-refractivity contribution in [2.75, 3.05) is 26.6 Å². The highest BCUT2D eigenvalue weighted by Crippen LogP contribution is 2.40. The van der Waals surface area contributed by atoms with Gasteiger partial charge in [-0.25, -0.2) is 9.97 Å². The molecular formula is C19H18N4O4. The highest BCUT2D eigenvalue weighted by atomic mass is 16.5. The summed E-state index contributed by atoms with van der Waals surface area (Å²) < 4.78 is 16.0. The first-order chi connectivity index (χ1) is 13.2. The molecule has 0 bridgehead atoms. The number of benzene rings is 2. The third-order valence-electron chi connectivity index (χ3n) is 3.82. The van der Waals surface area contributed by atoms with E-state index in [0.717, 1.165) is 6.29 Å². The molecule has 8 nitrogen and oxygen atoms in total. The molecule has 0 aliphatic rings. The van der Waals surface area contributed by atoms with Crippen LogP contribution in [0.2, 0.25) is 0 Å². The molecule has 138 valence electrons. The molecule has 0 aliphatic carbocycles. The van der Waals surface area contributed by atoms with Gasteiger partial charge in [0, 0.05) is 28.9 Å². The molecule has 1 N–H and O–H groups in total. The average Bonchev–Trinajstić information content (AvgIpc) is 2.73. The number of ether oxygens (including phenoxy) is 3. The maximum absolute atomic E-state index is 11.3.